The first-order valence-electron chi connectivity index (χ1n) is 8.03. The molecule has 0 radical (unpaired) electrons. The number of furan rings is 1. The van der Waals surface area contributed by atoms with Gasteiger partial charge in [0, 0.05) is 9.75 Å². The molecule has 134 valence electrons. The Morgan fingerprint density at radius 1 is 0.962 bits per heavy atom. The zero-order chi connectivity index (χ0) is 18.4. The Labute approximate surface area is 154 Å². The highest BCUT2D eigenvalue weighted by Crippen LogP contribution is 2.28. The number of carbonyl (C=O) groups excluding carboxylic acids is 2. The fourth-order valence-corrected chi connectivity index (χ4v) is 3.31. The first-order chi connectivity index (χ1) is 12.6. The zero-order valence-corrected chi connectivity index (χ0v) is 14.7. The van der Waals surface area contributed by atoms with Crippen molar-refractivity contribution in [3.05, 3.63) is 81.9 Å². The van der Waals surface area contributed by atoms with Crippen LogP contribution in [0, 0.1) is 0 Å². The third-order valence-electron chi connectivity index (χ3n) is 3.70. The predicted molar refractivity (Wildman–Crippen MR) is 97.2 cm³/mol. The molecule has 6 nitrogen and oxygen atoms in total. The Bertz CT molecular complexity index is 859. The third kappa shape index (κ3) is 4.59. The molecule has 0 bridgehead atoms. The Morgan fingerprint density at radius 2 is 1.69 bits per heavy atom. The van der Waals surface area contributed by atoms with Gasteiger partial charge >= 0.3 is 11.8 Å². The van der Waals surface area contributed by atoms with Gasteiger partial charge in [0.2, 0.25) is 0 Å². The lowest BCUT2D eigenvalue weighted by Crippen LogP contribution is -2.39. The van der Waals surface area contributed by atoms with Crippen LogP contribution in [0.25, 0.3) is 0 Å². The van der Waals surface area contributed by atoms with E-state index in [0.29, 0.717) is 5.76 Å². The van der Waals surface area contributed by atoms with Crippen molar-refractivity contribution in [1.82, 2.24) is 10.6 Å². The van der Waals surface area contributed by atoms with Crippen LogP contribution in [0.15, 0.2) is 65.3 Å². The van der Waals surface area contributed by atoms with Crippen LogP contribution in [-0.4, -0.2) is 16.9 Å². The maximum atomic E-state index is 11.8. The number of carbonyl (C=O) groups is 2. The van der Waals surface area contributed by atoms with Crippen molar-refractivity contribution in [2.75, 3.05) is 0 Å². The number of rotatable bonds is 6. The number of aliphatic hydroxyl groups is 1. The molecular formula is C19H18N2O4S. The Morgan fingerprint density at radius 3 is 2.38 bits per heavy atom. The topological polar surface area (TPSA) is 91.6 Å². The predicted octanol–water partition coefficient (Wildman–Crippen LogP) is 2.36. The molecule has 0 aliphatic heterocycles. The quantitative estimate of drug-likeness (QED) is 0.581. The molecule has 0 fully saturated rings. The standard InChI is InChI=1S/C19H18N2O4S/c22-17(13-5-2-1-3-6-13)16-9-8-15(26-16)12-21-19(24)18(23)20-11-14-7-4-10-25-14/h1-10,17,22H,11-12H2,(H,20,23)(H,21,24)/t17-/m0/s1. The molecule has 3 rings (SSSR count). The van der Waals surface area contributed by atoms with Crippen LogP contribution >= 0.6 is 11.3 Å². The van der Waals surface area contributed by atoms with Crippen molar-refractivity contribution in [2.45, 2.75) is 19.2 Å². The van der Waals surface area contributed by atoms with E-state index in [0.717, 1.165) is 15.3 Å². The van der Waals surface area contributed by atoms with Gasteiger partial charge in [-0.25, -0.2) is 0 Å². The molecule has 0 spiro atoms. The minimum atomic E-state index is -0.720. The first kappa shape index (κ1) is 17.9. The smallest absolute Gasteiger partial charge is 0.309 e. The highest BCUT2D eigenvalue weighted by atomic mass is 32.1. The number of hydrogen-bond acceptors (Lipinski definition) is 5. The first-order valence-corrected chi connectivity index (χ1v) is 8.85. The molecule has 26 heavy (non-hydrogen) atoms. The lowest BCUT2D eigenvalue weighted by atomic mass is 10.1. The molecular weight excluding hydrogens is 352 g/mol. The van der Waals surface area contributed by atoms with Crippen molar-refractivity contribution >= 4 is 23.2 Å². The lowest BCUT2D eigenvalue weighted by Gasteiger charge is -2.08. The average molecular weight is 370 g/mol. The summed E-state index contributed by atoms with van der Waals surface area (Å²) in [6, 6.07) is 16.4. The summed E-state index contributed by atoms with van der Waals surface area (Å²) in [5.74, 6) is -0.860. The number of aliphatic hydroxyl groups excluding tert-OH is 1. The fourth-order valence-electron chi connectivity index (χ4n) is 2.34. The van der Waals surface area contributed by atoms with Crippen LogP contribution in [0.3, 0.4) is 0 Å². The number of benzene rings is 1. The molecule has 0 aliphatic carbocycles. The second kappa shape index (κ2) is 8.46. The van der Waals surface area contributed by atoms with E-state index in [2.05, 4.69) is 10.6 Å². The van der Waals surface area contributed by atoms with Gasteiger partial charge < -0.3 is 20.2 Å². The third-order valence-corrected chi connectivity index (χ3v) is 4.84. The van der Waals surface area contributed by atoms with E-state index < -0.39 is 17.9 Å². The summed E-state index contributed by atoms with van der Waals surface area (Å²) < 4.78 is 5.09. The van der Waals surface area contributed by atoms with E-state index in [1.165, 1.54) is 17.6 Å². The van der Waals surface area contributed by atoms with Crippen LogP contribution in [0.1, 0.15) is 27.2 Å². The van der Waals surface area contributed by atoms with Gasteiger partial charge in [0.15, 0.2) is 0 Å². The summed E-state index contributed by atoms with van der Waals surface area (Å²) >= 11 is 1.39. The van der Waals surface area contributed by atoms with E-state index in [4.69, 9.17) is 4.42 Å². The Hall–Kier alpha value is -2.90. The van der Waals surface area contributed by atoms with Crippen LogP contribution in [-0.2, 0) is 22.7 Å². The maximum Gasteiger partial charge on any atom is 0.309 e. The summed E-state index contributed by atoms with van der Waals surface area (Å²) in [4.78, 5) is 25.2. The van der Waals surface area contributed by atoms with Gasteiger partial charge in [-0.05, 0) is 29.8 Å². The molecule has 2 amide bonds. The number of nitrogens with one attached hydrogen (secondary N) is 2. The van der Waals surface area contributed by atoms with Crippen molar-refractivity contribution < 1.29 is 19.1 Å². The minimum Gasteiger partial charge on any atom is -0.467 e. The largest absolute Gasteiger partial charge is 0.467 e. The van der Waals surface area contributed by atoms with Crippen LogP contribution < -0.4 is 10.6 Å². The summed E-state index contributed by atoms with van der Waals surface area (Å²) in [6.45, 7) is 0.380. The van der Waals surface area contributed by atoms with Crippen LogP contribution in [0.4, 0.5) is 0 Å². The molecule has 0 saturated heterocycles. The van der Waals surface area contributed by atoms with Crippen molar-refractivity contribution in [3.63, 3.8) is 0 Å². The highest BCUT2D eigenvalue weighted by molar-refractivity contribution is 7.12. The number of hydrogen-bond donors (Lipinski definition) is 3. The monoisotopic (exact) mass is 370 g/mol. The summed E-state index contributed by atoms with van der Waals surface area (Å²) in [7, 11) is 0. The molecule has 7 heteroatoms. The van der Waals surface area contributed by atoms with Crippen molar-refractivity contribution in [2.24, 2.45) is 0 Å². The molecule has 1 atom stereocenters. The van der Waals surface area contributed by atoms with Crippen LogP contribution in [0.5, 0.6) is 0 Å². The van der Waals surface area contributed by atoms with Crippen molar-refractivity contribution in [1.29, 1.82) is 0 Å². The summed E-state index contributed by atoms with van der Waals surface area (Å²) in [5, 5.41) is 15.4. The van der Waals surface area contributed by atoms with E-state index in [-0.39, 0.29) is 13.1 Å². The summed E-state index contributed by atoms with van der Waals surface area (Å²) in [5.41, 5.74) is 0.808. The second-order valence-corrected chi connectivity index (χ2v) is 6.76. The summed E-state index contributed by atoms with van der Waals surface area (Å²) in [6.07, 6.45) is 0.794. The molecule has 0 saturated carbocycles. The van der Waals surface area contributed by atoms with Gasteiger partial charge in [-0.1, -0.05) is 30.3 Å². The van der Waals surface area contributed by atoms with Gasteiger partial charge in [-0.2, -0.15) is 0 Å². The molecule has 0 unspecified atom stereocenters. The lowest BCUT2D eigenvalue weighted by molar-refractivity contribution is -0.139. The molecule has 1 aromatic carbocycles. The van der Waals surface area contributed by atoms with E-state index >= 15 is 0 Å². The van der Waals surface area contributed by atoms with Gasteiger partial charge in [0.25, 0.3) is 0 Å². The van der Waals surface area contributed by atoms with E-state index in [1.807, 2.05) is 42.5 Å². The van der Waals surface area contributed by atoms with Gasteiger partial charge in [0.05, 0.1) is 19.4 Å². The molecule has 0 aliphatic rings. The van der Waals surface area contributed by atoms with Gasteiger partial charge in [-0.15, -0.1) is 11.3 Å². The van der Waals surface area contributed by atoms with E-state index in [1.54, 1.807) is 12.1 Å². The Balaban J connectivity index is 1.49. The number of thiophene rings is 1. The van der Waals surface area contributed by atoms with E-state index in [9.17, 15) is 14.7 Å². The molecule has 3 aromatic rings. The molecule has 2 heterocycles. The molecule has 2 aromatic heterocycles. The SMILES string of the molecule is O=C(NCc1ccco1)C(=O)NCc1ccc([C@@H](O)c2ccccc2)s1. The Kier molecular flexibility index (Phi) is 5.83. The maximum absolute atomic E-state index is 11.8. The second-order valence-electron chi connectivity index (χ2n) is 5.56. The normalized spacial score (nSPS) is 11.7. The average Bonchev–Trinajstić information content (AvgIpc) is 3.36. The molecule has 3 N–H and O–H groups in total. The fraction of sp³-hybridized carbons (Fsp3) is 0.158. The van der Waals surface area contributed by atoms with Crippen molar-refractivity contribution in [3.8, 4) is 0 Å². The van der Waals surface area contributed by atoms with Gasteiger partial charge in [-0.3, -0.25) is 9.59 Å². The highest BCUT2D eigenvalue weighted by Gasteiger charge is 2.15. The minimum absolute atomic E-state index is 0.158. The zero-order valence-electron chi connectivity index (χ0n) is 13.8. The number of amides is 2. The van der Waals surface area contributed by atoms with Gasteiger partial charge in [0.1, 0.15) is 11.9 Å². The van der Waals surface area contributed by atoms with Crippen LogP contribution in [0.2, 0.25) is 0 Å².